The maximum Gasteiger partial charge on any atom is 0.496 e. The van der Waals surface area contributed by atoms with Crippen molar-refractivity contribution in [3.05, 3.63) is 89.3 Å². The number of aromatic nitrogens is 4. The molecule has 0 atom stereocenters. The van der Waals surface area contributed by atoms with E-state index in [-0.39, 0.29) is 23.0 Å². The molecule has 0 saturated carbocycles. The first-order valence-corrected chi connectivity index (χ1v) is 12.1. The van der Waals surface area contributed by atoms with Crippen molar-refractivity contribution in [1.82, 2.24) is 10.4 Å². The Kier molecular flexibility index (Phi) is 6.70. The van der Waals surface area contributed by atoms with Crippen LogP contribution in [0.4, 0.5) is 10.7 Å². The van der Waals surface area contributed by atoms with Crippen LogP contribution in [0, 0.1) is 10.4 Å². The number of amides is 1. The summed E-state index contributed by atoms with van der Waals surface area (Å²) in [6.07, 6.45) is 3.49. The van der Waals surface area contributed by atoms with Gasteiger partial charge in [0.15, 0.2) is 5.52 Å². The van der Waals surface area contributed by atoms with Gasteiger partial charge >= 0.3 is 12.0 Å². The summed E-state index contributed by atoms with van der Waals surface area (Å²) >= 11 is 0. The van der Waals surface area contributed by atoms with Gasteiger partial charge in [-0.2, -0.15) is 9.36 Å². The molecular formula is C27H27N6O3+. The number of benzene rings is 3. The zero-order valence-corrected chi connectivity index (χ0v) is 19.8. The van der Waals surface area contributed by atoms with Gasteiger partial charge in [0, 0.05) is 21.7 Å². The van der Waals surface area contributed by atoms with Crippen LogP contribution in [-0.2, 0) is 0 Å². The molecule has 2 N–H and O–H groups in total. The number of fused-ring (bicyclic) bond motifs is 3. The molecule has 5 aromatic rings. The van der Waals surface area contributed by atoms with E-state index in [2.05, 4.69) is 21.8 Å². The largest absolute Gasteiger partial charge is 0.739 e. The normalized spacial score (nSPS) is 11.2. The molecule has 0 aliphatic rings. The quantitative estimate of drug-likeness (QED) is 0.152. The van der Waals surface area contributed by atoms with E-state index < -0.39 is 0 Å². The van der Waals surface area contributed by atoms with Crippen LogP contribution < -0.4 is 24.8 Å². The summed E-state index contributed by atoms with van der Waals surface area (Å²) < 4.78 is 2.39. The molecule has 9 heteroatoms. The zero-order chi connectivity index (χ0) is 24.9. The third-order valence-electron chi connectivity index (χ3n) is 6.22. The first-order chi connectivity index (χ1) is 17.6. The number of anilines is 1. The second-order valence-corrected chi connectivity index (χ2v) is 8.65. The maximum absolute atomic E-state index is 13.1. The molecule has 0 radical (unpaired) electrons. The Balaban J connectivity index is 1.11. The summed E-state index contributed by atoms with van der Waals surface area (Å²) in [6.45, 7) is 1.09. The van der Waals surface area contributed by atoms with Crippen LogP contribution in [0.1, 0.15) is 25.7 Å². The number of nitrogens with zero attached hydrogens (tertiary/aromatic N) is 4. The summed E-state index contributed by atoms with van der Waals surface area (Å²) in [5.74, 6) is -0.00435. The molecule has 0 aliphatic heterocycles. The van der Waals surface area contributed by atoms with Crippen LogP contribution in [0.5, 0.6) is 0 Å². The fourth-order valence-electron chi connectivity index (χ4n) is 4.42. The molecule has 182 valence electrons. The highest BCUT2D eigenvalue weighted by Gasteiger charge is 2.21. The Morgan fingerprint density at radius 2 is 1.28 bits per heavy atom. The van der Waals surface area contributed by atoms with E-state index in [0.717, 1.165) is 47.5 Å². The third kappa shape index (κ3) is 4.68. The topological polar surface area (TPSA) is 112 Å². The minimum atomic E-state index is -0.141. The van der Waals surface area contributed by atoms with Crippen LogP contribution in [0.2, 0.25) is 0 Å². The van der Waals surface area contributed by atoms with E-state index in [1.807, 2.05) is 48.5 Å². The van der Waals surface area contributed by atoms with Gasteiger partial charge in [-0.05, 0) is 43.5 Å². The van der Waals surface area contributed by atoms with Gasteiger partial charge in [-0.1, -0.05) is 55.0 Å². The second-order valence-electron chi connectivity index (χ2n) is 8.65. The van der Waals surface area contributed by atoms with E-state index in [0.29, 0.717) is 22.7 Å². The minimum Gasteiger partial charge on any atom is -0.739 e. The van der Waals surface area contributed by atoms with Gasteiger partial charge in [0.25, 0.3) is 5.52 Å². The molecule has 2 aromatic heterocycles. The van der Waals surface area contributed by atoms with Gasteiger partial charge in [0.05, 0.1) is 13.1 Å². The standard InChI is InChI=1S/C27H26N6O3/c34-27(31-22-13-5-3-11-20(22)19-21-12-4-6-14-23(21)31)29-18-10-2-1-9-17-28-26-30-33(36)25-16-8-7-15-24(25)32(26)35/h3-8,11-16,19H,1-2,9-10,17-18H2,(H-,28,29,30,34)/p+1. The SMILES string of the molecule is O=C(NCCCCCCNc1n[n+]([O-])c2ccccc2[n+]1[O-])[n+]1c2ccccc2cc2ccccc21. The lowest BCUT2D eigenvalue weighted by Gasteiger charge is -2.09. The molecule has 0 spiro atoms. The number of rotatable bonds is 8. The highest BCUT2D eigenvalue weighted by Crippen LogP contribution is 2.17. The number of nitrogens with one attached hydrogen (secondary N) is 2. The van der Waals surface area contributed by atoms with Gasteiger partial charge in [-0.3, -0.25) is 5.32 Å². The lowest BCUT2D eigenvalue weighted by Crippen LogP contribution is -2.51. The molecule has 2 heterocycles. The lowest BCUT2D eigenvalue weighted by molar-refractivity contribution is -0.672. The molecule has 3 aromatic carbocycles. The Morgan fingerprint density at radius 3 is 1.94 bits per heavy atom. The molecule has 0 aliphatic carbocycles. The molecule has 9 nitrogen and oxygen atoms in total. The summed E-state index contributed by atoms with van der Waals surface area (Å²) in [5, 5.41) is 36.3. The lowest BCUT2D eigenvalue weighted by atomic mass is 10.1. The van der Waals surface area contributed by atoms with Gasteiger partial charge in [-0.25, -0.2) is 10.0 Å². The molecular weight excluding hydrogens is 456 g/mol. The van der Waals surface area contributed by atoms with E-state index in [1.54, 1.807) is 28.8 Å². The first kappa shape index (κ1) is 23.2. The fourth-order valence-corrected chi connectivity index (χ4v) is 4.42. The summed E-state index contributed by atoms with van der Waals surface area (Å²) in [5.41, 5.74) is 2.25. The Bertz CT molecular complexity index is 1500. The van der Waals surface area contributed by atoms with E-state index in [4.69, 9.17) is 0 Å². The van der Waals surface area contributed by atoms with Crippen molar-refractivity contribution in [2.24, 2.45) is 0 Å². The van der Waals surface area contributed by atoms with E-state index in [1.165, 1.54) is 0 Å². The average Bonchev–Trinajstić information content (AvgIpc) is 2.91. The summed E-state index contributed by atoms with van der Waals surface area (Å²) in [7, 11) is 0. The van der Waals surface area contributed by atoms with Crippen LogP contribution in [0.15, 0.2) is 78.9 Å². The number of hydrogen-bond acceptors (Lipinski definition) is 5. The number of carbonyl (C=O) groups excluding carboxylic acids is 1. The number of carbonyl (C=O) groups is 1. The van der Waals surface area contributed by atoms with Crippen molar-refractivity contribution in [3.63, 3.8) is 0 Å². The predicted octanol–water partition coefficient (Wildman–Crippen LogP) is 3.33. The van der Waals surface area contributed by atoms with Crippen molar-refractivity contribution in [3.8, 4) is 0 Å². The summed E-state index contributed by atoms with van der Waals surface area (Å²) in [6, 6.07) is 24.3. The van der Waals surface area contributed by atoms with Gasteiger partial charge in [0.2, 0.25) is 5.10 Å². The van der Waals surface area contributed by atoms with Gasteiger partial charge in [0.1, 0.15) is 11.0 Å². The van der Waals surface area contributed by atoms with Crippen LogP contribution >= 0.6 is 0 Å². The molecule has 5 rings (SSSR count). The van der Waals surface area contributed by atoms with Crippen molar-refractivity contribution < 1.29 is 18.9 Å². The van der Waals surface area contributed by atoms with Crippen LogP contribution in [0.3, 0.4) is 0 Å². The first-order valence-electron chi connectivity index (χ1n) is 12.1. The Labute approximate surface area is 207 Å². The van der Waals surface area contributed by atoms with Gasteiger partial charge < -0.3 is 10.4 Å². The van der Waals surface area contributed by atoms with Crippen molar-refractivity contribution in [1.29, 1.82) is 0 Å². The monoisotopic (exact) mass is 483 g/mol. The smallest absolute Gasteiger partial charge is 0.496 e. The Morgan fingerprint density at radius 1 is 0.722 bits per heavy atom. The van der Waals surface area contributed by atoms with Crippen LogP contribution in [0.25, 0.3) is 32.8 Å². The highest BCUT2D eigenvalue weighted by atomic mass is 16.5. The molecule has 0 unspecified atom stereocenters. The van der Waals surface area contributed by atoms with E-state index >= 15 is 0 Å². The summed E-state index contributed by atoms with van der Waals surface area (Å²) in [4.78, 5) is 13.6. The van der Waals surface area contributed by atoms with Crippen molar-refractivity contribution >= 4 is 44.8 Å². The number of pyridine rings is 1. The third-order valence-corrected chi connectivity index (χ3v) is 6.22. The highest BCUT2D eigenvalue weighted by molar-refractivity contribution is 5.91. The Hall–Kier alpha value is -4.53. The molecule has 0 fully saturated rings. The predicted molar refractivity (Wildman–Crippen MR) is 137 cm³/mol. The number of unbranched alkanes of at least 4 members (excludes halogenated alkanes) is 3. The van der Waals surface area contributed by atoms with Crippen molar-refractivity contribution in [2.75, 3.05) is 18.4 Å². The average molecular weight is 484 g/mol. The maximum atomic E-state index is 13.1. The minimum absolute atomic E-state index is 0.00435. The van der Waals surface area contributed by atoms with Crippen molar-refractivity contribution in [2.45, 2.75) is 25.7 Å². The fraction of sp³-hybridized carbons (Fsp3) is 0.222. The molecule has 0 saturated heterocycles. The number of hydrogen-bond donors (Lipinski definition) is 2. The van der Waals surface area contributed by atoms with Gasteiger partial charge in [-0.15, -0.1) is 0 Å². The van der Waals surface area contributed by atoms with E-state index in [9.17, 15) is 15.2 Å². The number of para-hydroxylation sites is 4. The molecule has 36 heavy (non-hydrogen) atoms. The van der Waals surface area contributed by atoms with Crippen LogP contribution in [-0.4, -0.2) is 24.2 Å². The molecule has 0 bridgehead atoms. The molecule has 1 amide bonds. The second kappa shape index (κ2) is 10.4. The zero-order valence-electron chi connectivity index (χ0n) is 19.8.